The van der Waals surface area contributed by atoms with Crippen molar-refractivity contribution in [1.82, 2.24) is 5.32 Å². The first-order chi connectivity index (χ1) is 5.38. The smallest absolute Gasteiger partial charge is 0.220 e. The number of hydrogen-bond donors (Lipinski definition) is 1. The van der Waals surface area contributed by atoms with Crippen molar-refractivity contribution in [2.24, 2.45) is 5.41 Å². The van der Waals surface area contributed by atoms with Gasteiger partial charge in [-0.1, -0.05) is 27.7 Å². The molecule has 0 fully saturated rings. The average molecular weight is 171 g/mol. The summed E-state index contributed by atoms with van der Waals surface area (Å²) in [6.45, 7) is 7.43. The van der Waals surface area contributed by atoms with Crippen LogP contribution in [0.1, 0.15) is 34.1 Å². The molecule has 70 valence electrons. The zero-order valence-electron chi connectivity index (χ0n) is 8.23. The van der Waals surface area contributed by atoms with Gasteiger partial charge in [-0.3, -0.25) is 9.59 Å². The van der Waals surface area contributed by atoms with Gasteiger partial charge in [-0.2, -0.15) is 0 Å². The van der Waals surface area contributed by atoms with Gasteiger partial charge in [-0.05, 0) is 0 Å². The molecule has 0 heterocycles. The first-order valence-corrected chi connectivity index (χ1v) is 4.18. The fourth-order valence-electron chi connectivity index (χ4n) is 0.569. The van der Waals surface area contributed by atoms with E-state index in [1.54, 1.807) is 6.92 Å². The van der Waals surface area contributed by atoms with Crippen molar-refractivity contribution in [1.29, 1.82) is 0 Å². The molecule has 0 aliphatic heterocycles. The van der Waals surface area contributed by atoms with E-state index >= 15 is 0 Å². The van der Waals surface area contributed by atoms with Gasteiger partial charge >= 0.3 is 0 Å². The van der Waals surface area contributed by atoms with Crippen LogP contribution in [0.4, 0.5) is 0 Å². The number of carbonyl (C=O) groups is 2. The molecule has 0 unspecified atom stereocenters. The lowest BCUT2D eigenvalue weighted by Crippen LogP contribution is -2.35. The molecule has 3 heteroatoms. The van der Waals surface area contributed by atoms with E-state index < -0.39 is 0 Å². The minimum Gasteiger partial charge on any atom is -0.349 e. The largest absolute Gasteiger partial charge is 0.349 e. The van der Waals surface area contributed by atoms with Crippen LogP contribution >= 0.6 is 0 Å². The van der Waals surface area contributed by atoms with Crippen molar-refractivity contribution in [2.45, 2.75) is 34.1 Å². The topological polar surface area (TPSA) is 46.2 Å². The Morgan fingerprint density at radius 2 is 1.75 bits per heavy atom. The van der Waals surface area contributed by atoms with Crippen molar-refractivity contribution >= 4 is 11.7 Å². The van der Waals surface area contributed by atoms with Gasteiger partial charge in [-0.25, -0.2) is 0 Å². The highest BCUT2D eigenvalue weighted by Crippen LogP contribution is 2.13. The highest BCUT2D eigenvalue weighted by Gasteiger charge is 2.20. The second-order valence-corrected chi connectivity index (χ2v) is 3.80. The number of amides is 1. The van der Waals surface area contributed by atoms with Crippen LogP contribution in [0.3, 0.4) is 0 Å². The highest BCUT2D eigenvalue weighted by atomic mass is 16.2. The number of ketones is 1. The van der Waals surface area contributed by atoms with Crippen molar-refractivity contribution in [3.63, 3.8) is 0 Å². The summed E-state index contributed by atoms with van der Waals surface area (Å²) in [6.07, 6.45) is 0.428. The van der Waals surface area contributed by atoms with Crippen LogP contribution in [0.5, 0.6) is 0 Å². The Morgan fingerprint density at radius 1 is 1.25 bits per heavy atom. The molecule has 0 rings (SSSR count). The zero-order chi connectivity index (χ0) is 9.78. The lowest BCUT2D eigenvalue weighted by molar-refractivity contribution is -0.129. The number of nitrogens with one attached hydrogen (secondary N) is 1. The third kappa shape index (κ3) is 4.11. The predicted octanol–water partition coefficient (Wildman–Crippen LogP) is 1.13. The minimum absolute atomic E-state index is 0.0595. The van der Waals surface area contributed by atoms with Gasteiger partial charge in [0, 0.05) is 11.8 Å². The van der Waals surface area contributed by atoms with E-state index in [-0.39, 0.29) is 23.7 Å². The van der Waals surface area contributed by atoms with E-state index in [4.69, 9.17) is 0 Å². The Hall–Kier alpha value is -0.860. The zero-order valence-corrected chi connectivity index (χ0v) is 8.23. The maximum absolute atomic E-state index is 11.3. The van der Waals surface area contributed by atoms with Crippen molar-refractivity contribution in [3.05, 3.63) is 0 Å². The fraction of sp³-hybridized carbons (Fsp3) is 0.778. The number of hydrogen-bond acceptors (Lipinski definition) is 2. The molecule has 0 aliphatic carbocycles. The van der Waals surface area contributed by atoms with E-state index in [0.717, 1.165) is 0 Å². The minimum atomic E-state index is -0.360. The van der Waals surface area contributed by atoms with Gasteiger partial charge in [0.25, 0.3) is 0 Å². The van der Waals surface area contributed by atoms with Gasteiger partial charge in [0.2, 0.25) is 5.91 Å². The summed E-state index contributed by atoms with van der Waals surface area (Å²) in [6, 6.07) is 0. The van der Waals surface area contributed by atoms with Crippen molar-refractivity contribution < 1.29 is 9.59 Å². The molecule has 1 N–H and O–H groups in total. The third-order valence-electron chi connectivity index (χ3n) is 1.60. The molecule has 0 aromatic carbocycles. The van der Waals surface area contributed by atoms with Crippen LogP contribution in [0.15, 0.2) is 0 Å². The maximum atomic E-state index is 11.3. The maximum Gasteiger partial charge on any atom is 0.220 e. The first-order valence-electron chi connectivity index (χ1n) is 4.18. The van der Waals surface area contributed by atoms with E-state index in [9.17, 15) is 9.59 Å². The third-order valence-corrected chi connectivity index (χ3v) is 1.60. The fourth-order valence-corrected chi connectivity index (χ4v) is 0.569. The standard InChI is InChI=1S/C9H17NO2/c1-5-8(12)10-6-7(11)9(2,3)4/h5-6H2,1-4H3,(H,10,12). The monoisotopic (exact) mass is 171 g/mol. The summed E-state index contributed by atoms with van der Waals surface area (Å²) in [7, 11) is 0. The molecular weight excluding hydrogens is 154 g/mol. The summed E-state index contributed by atoms with van der Waals surface area (Å²) < 4.78 is 0. The molecule has 0 saturated carbocycles. The molecule has 0 spiro atoms. The van der Waals surface area contributed by atoms with Gasteiger partial charge in [0.1, 0.15) is 0 Å². The van der Waals surface area contributed by atoms with Crippen LogP contribution in [0.2, 0.25) is 0 Å². The number of carbonyl (C=O) groups excluding carboxylic acids is 2. The predicted molar refractivity (Wildman–Crippen MR) is 47.8 cm³/mol. The summed E-state index contributed by atoms with van der Waals surface area (Å²) in [5.41, 5.74) is -0.360. The second kappa shape index (κ2) is 4.24. The molecule has 0 bridgehead atoms. The summed E-state index contributed by atoms with van der Waals surface area (Å²) >= 11 is 0. The molecule has 0 aliphatic rings. The van der Waals surface area contributed by atoms with Gasteiger partial charge < -0.3 is 5.32 Å². The Bertz CT molecular complexity index is 179. The van der Waals surface area contributed by atoms with Crippen molar-refractivity contribution in [2.75, 3.05) is 6.54 Å². The normalized spacial score (nSPS) is 11.0. The average Bonchev–Trinajstić information content (AvgIpc) is 1.97. The quantitative estimate of drug-likeness (QED) is 0.691. The Kier molecular flexibility index (Phi) is 3.93. The molecule has 0 aromatic rings. The van der Waals surface area contributed by atoms with E-state index in [0.29, 0.717) is 6.42 Å². The molecule has 0 saturated heterocycles. The summed E-state index contributed by atoms with van der Waals surface area (Å²) in [5.74, 6) is -0.0168. The van der Waals surface area contributed by atoms with Crippen LogP contribution in [-0.4, -0.2) is 18.2 Å². The van der Waals surface area contributed by atoms with Crippen LogP contribution < -0.4 is 5.32 Å². The molecule has 12 heavy (non-hydrogen) atoms. The Balaban J connectivity index is 3.81. The number of rotatable bonds is 3. The second-order valence-electron chi connectivity index (χ2n) is 3.80. The van der Waals surface area contributed by atoms with E-state index in [1.165, 1.54) is 0 Å². The Morgan fingerprint density at radius 3 is 2.08 bits per heavy atom. The van der Waals surface area contributed by atoms with Gasteiger partial charge in [0.15, 0.2) is 5.78 Å². The molecular formula is C9H17NO2. The first kappa shape index (κ1) is 11.1. The van der Waals surface area contributed by atoms with Crippen LogP contribution in [-0.2, 0) is 9.59 Å². The Labute approximate surface area is 73.5 Å². The summed E-state index contributed by atoms with van der Waals surface area (Å²) in [5, 5.41) is 2.55. The van der Waals surface area contributed by atoms with Gasteiger partial charge in [0.05, 0.1) is 6.54 Å². The van der Waals surface area contributed by atoms with Crippen molar-refractivity contribution in [3.8, 4) is 0 Å². The molecule has 0 atom stereocenters. The van der Waals surface area contributed by atoms with Crippen LogP contribution in [0.25, 0.3) is 0 Å². The number of Topliss-reactive ketones (excluding diaryl/α,β-unsaturated/α-hetero) is 1. The highest BCUT2D eigenvalue weighted by molar-refractivity contribution is 5.89. The van der Waals surface area contributed by atoms with E-state index in [1.807, 2.05) is 20.8 Å². The van der Waals surface area contributed by atoms with Crippen LogP contribution in [0, 0.1) is 5.41 Å². The summed E-state index contributed by atoms with van der Waals surface area (Å²) in [4.78, 5) is 22.1. The lowest BCUT2D eigenvalue weighted by Gasteiger charge is -2.16. The molecule has 3 nitrogen and oxygen atoms in total. The lowest BCUT2D eigenvalue weighted by atomic mass is 9.91. The molecule has 0 aromatic heterocycles. The molecule has 1 amide bonds. The SMILES string of the molecule is CCC(=O)NCC(=O)C(C)(C)C. The van der Waals surface area contributed by atoms with E-state index in [2.05, 4.69) is 5.32 Å². The van der Waals surface area contributed by atoms with Gasteiger partial charge in [-0.15, -0.1) is 0 Å². The molecule has 0 radical (unpaired) electrons.